The summed E-state index contributed by atoms with van der Waals surface area (Å²) in [6.45, 7) is 5.11. The van der Waals surface area contributed by atoms with Gasteiger partial charge in [0.15, 0.2) is 11.5 Å². The molecule has 0 unspecified atom stereocenters. The van der Waals surface area contributed by atoms with Crippen molar-refractivity contribution in [2.45, 2.75) is 57.1 Å². The Hall–Kier alpha value is -3.96. The zero-order valence-electron chi connectivity index (χ0n) is 25.9. The molecule has 2 atom stereocenters. The van der Waals surface area contributed by atoms with Crippen LogP contribution in [0.25, 0.3) is 0 Å². The lowest BCUT2D eigenvalue weighted by Crippen LogP contribution is -2.53. The molecule has 0 aliphatic heterocycles. The van der Waals surface area contributed by atoms with E-state index in [0.29, 0.717) is 34.9 Å². The normalized spacial score (nSPS) is 12.5. The number of carbonyl (C=O) groups excluding carboxylic acids is 2. The van der Waals surface area contributed by atoms with Crippen LogP contribution in [0.4, 0.5) is 5.69 Å². The fraction of sp³-hybridized carbons (Fsp3) is 0.375. The van der Waals surface area contributed by atoms with Gasteiger partial charge in [-0.15, -0.1) is 0 Å². The second-order valence-corrected chi connectivity index (χ2v) is 12.4. The van der Waals surface area contributed by atoms with E-state index in [-0.39, 0.29) is 34.8 Å². The SMILES string of the molecule is CC[C@H](C)NC(=O)[C@H](CC)N(Cc1cccc(OC)c1)C(=O)CN(c1ccc(Cl)cc1)S(=O)(=O)c1ccc(OC)c(OC)c1. The van der Waals surface area contributed by atoms with E-state index in [2.05, 4.69) is 5.32 Å². The van der Waals surface area contributed by atoms with Gasteiger partial charge < -0.3 is 24.4 Å². The molecule has 10 nitrogen and oxygen atoms in total. The molecule has 0 spiro atoms. The third-order valence-corrected chi connectivity index (χ3v) is 9.23. The predicted molar refractivity (Wildman–Crippen MR) is 171 cm³/mol. The van der Waals surface area contributed by atoms with Gasteiger partial charge in [0.1, 0.15) is 18.3 Å². The molecule has 0 bridgehead atoms. The molecule has 1 N–H and O–H groups in total. The molecule has 0 saturated heterocycles. The molecule has 12 heteroatoms. The van der Waals surface area contributed by atoms with E-state index in [9.17, 15) is 18.0 Å². The van der Waals surface area contributed by atoms with Crippen molar-refractivity contribution in [1.29, 1.82) is 0 Å². The number of rotatable bonds is 15. The van der Waals surface area contributed by atoms with Crippen molar-refractivity contribution in [1.82, 2.24) is 10.2 Å². The summed E-state index contributed by atoms with van der Waals surface area (Å²) in [6.07, 6.45) is 1.02. The van der Waals surface area contributed by atoms with Crippen molar-refractivity contribution in [3.63, 3.8) is 0 Å². The van der Waals surface area contributed by atoms with E-state index in [0.717, 1.165) is 4.31 Å². The molecule has 0 heterocycles. The molecule has 238 valence electrons. The quantitative estimate of drug-likeness (QED) is 0.239. The van der Waals surface area contributed by atoms with Crippen LogP contribution in [0.2, 0.25) is 5.02 Å². The number of ether oxygens (including phenoxy) is 3. The van der Waals surface area contributed by atoms with E-state index >= 15 is 0 Å². The Bertz CT molecular complexity index is 1530. The first kappa shape index (κ1) is 34.5. The molecule has 0 aromatic heterocycles. The van der Waals surface area contributed by atoms with E-state index in [1.807, 2.05) is 26.8 Å². The molecule has 0 aliphatic rings. The third-order valence-electron chi connectivity index (χ3n) is 7.21. The second kappa shape index (κ2) is 15.7. The summed E-state index contributed by atoms with van der Waals surface area (Å²) >= 11 is 6.11. The summed E-state index contributed by atoms with van der Waals surface area (Å²) in [5.41, 5.74) is 0.934. The number of carbonyl (C=O) groups is 2. The molecular weight excluding hydrogens is 606 g/mol. The topological polar surface area (TPSA) is 114 Å². The van der Waals surface area contributed by atoms with Crippen LogP contribution in [0, 0.1) is 0 Å². The van der Waals surface area contributed by atoms with Gasteiger partial charge in [0.05, 0.1) is 31.9 Å². The number of amides is 2. The Kier molecular flexibility index (Phi) is 12.3. The van der Waals surface area contributed by atoms with Gasteiger partial charge in [-0.05, 0) is 73.9 Å². The minimum Gasteiger partial charge on any atom is -0.497 e. The van der Waals surface area contributed by atoms with Crippen LogP contribution in [0.1, 0.15) is 39.2 Å². The number of methoxy groups -OCH3 is 3. The Balaban J connectivity index is 2.10. The molecule has 0 saturated carbocycles. The standard InChI is InChI=1S/C32H40ClN3O7S/c1-7-22(3)34-32(38)28(8-2)35(20-23-10-9-11-26(18-23)41-4)31(37)21-36(25-14-12-24(33)13-15-25)44(39,40)27-16-17-29(42-5)30(19-27)43-6/h9-19,22,28H,7-8,20-21H2,1-6H3,(H,34,38)/t22-,28-/m0/s1. The molecule has 0 fully saturated rings. The van der Waals surface area contributed by atoms with Crippen molar-refractivity contribution in [3.8, 4) is 17.2 Å². The zero-order valence-corrected chi connectivity index (χ0v) is 27.4. The predicted octanol–water partition coefficient (Wildman–Crippen LogP) is 5.28. The van der Waals surface area contributed by atoms with Crippen LogP contribution in [0.3, 0.4) is 0 Å². The van der Waals surface area contributed by atoms with E-state index < -0.39 is 28.5 Å². The van der Waals surface area contributed by atoms with Crippen molar-refractivity contribution in [2.75, 3.05) is 32.2 Å². The molecule has 3 rings (SSSR count). The number of hydrogen-bond acceptors (Lipinski definition) is 7. The highest BCUT2D eigenvalue weighted by Crippen LogP contribution is 2.33. The molecular formula is C32H40ClN3O7S. The minimum absolute atomic E-state index is 0.0489. The molecule has 3 aromatic rings. The van der Waals surface area contributed by atoms with Crippen LogP contribution < -0.4 is 23.8 Å². The molecule has 3 aromatic carbocycles. The Labute approximate surface area is 264 Å². The Morgan fingerprint density at radius 2 is 1.57 bits per heavy atom. The van der Waals surface area contributed by atoms with Crippen LogP contribution in [0.15, 0.2) is 71.6 Å². The summed E-state index contributed by atoms with van der Waals surface area (Å²) in [5.74, 6) is 0.259. The van der Waals surface area contributed by atoms with E-state index in [1.165, 1.54) is 49.5 Å². The maximum absolute atomic E-state index is 14.3. The fourth-order valence-electron chi connectivity index (χ4n) is 4.57. The van der Waals surface area contributed by atoms with Gasteiger partial charge in [0, 0.05) is 23.7 Å². The first-order valence-corrected chi connectivity index (χ1v) is 16.0. The van der Waals surface area contributed by atoms with Crippen LogP contribution in [0.5, 0.6) is 17.2 Å². The number of halogens is 1. The maximum atomic E-state index is 14.3. The van der Waals surface area contributed by atoms with Gasteiger partial charge in [-0.2, -0.15) is 0 Å². The number of hydrogen-bond donors (Lipinski definition) is 1. The lowest BCUT2D eigenvalue weighted by molar-refractivity contribution is -0.140. The molecule has 0 radical (unpaired) electrons. The maximum Gasteiger partial charge on any atom is 0.264 e. The molecule has 0 aliphatic carbocycles. The van der Waals surface area contributed by atoms with Crippen LogP contribution >= 0.6 is 11.6 Å². The summed E-state index contributed by atoms with van der Waals surface area (Å²) in [5, 5.41) is 3.36. The summed E-state index contributed by atoms with van der Waals surface area (Å²) < 4.78 is 45.3. The van der Waals surface area contributed by atoms with E-state index in [1.54, 1.807) is 37.4 Å². The van der Waals surface area contributed by atoms with Crippen molar-refractivity contribution >= 4 is 39.1 Å². The first-order valence-electron chi connectivity index (χ1n) is 14.2. The highest BCUT2D eigenvalue weighted by molar-refractivity contribution is 7.92. The lowest BCUT2D eigenvalue weighted by atomic mass is 10.1. The highest BCUT2D eigenvalue weighted by Gasteiger charge is 2.34. The fourth-order valence-corrected chi connectivity index (χ4v) is 6.12. The number of anilines is 1. The Morgan fingerprint density at radius 1 is 0.886 bits per heavy atom. The smallest absolute Gasteiger partial charge is 0.264 e. The average molecular weight is 646 g/mol. The van der Waals surface area contributed by atoms with Crippen molar-refractivity contribution < 1.29 is 32.2 Å². The molecule has 2 amide bonds. The summed E-state index contributed by atoms with van der Waals surface area (Å²) in [4.78, 5) is 29.0. The van der Waals surface area contributed by atoms with Crippen molar-refractivity contribution in [2.24, 2.45) is 0 Å². The van der Waals surface area contributed by atoms with Crippen molar-refractivity contribution in [3.05, 3.63) is 77.3 Å². The zero-order chi connectivity index (χ0) is 32.4. The largest absolute Gasteiger partial charge is 0.497 e. The van der Waals surface area contributed by atoms with Gasteiger partial charge in [-0.1, -0.05) is 37.6 Å². The van der Waals surface area contributed by atoms with Gasteiger partial charge in [-0.25, -0.2) is 8.42 Å². The van der Waals surface area contributed by atoms with Gasteiger partial charge in [-0.3, -0.25) is 13.9 Å². The van der Waals surface area contributed by atoms with Crippen LogP contribution in [-0.4, -0.2) is 65.1 Å². The first-order chi connectivity index (χ1) is 21.0. The second-order valence-electron chi connectivity index (χ2n) is 10.1. The average Bonchev–Trinajstić information content (AvgIpc) is 3.03. The van der Waals surface area contributed by atoms with Gasteiger partial charge in [0.25, 0.3) is 10.0 Å². The lowest BCUT2D eigenvalue weighted by Gasteiger charge is -2.33. The summed E-state index contributed by atoms with van der Waals surface area (Å²) in [7, 11) is 0.0664. The van der Waals surface area contributed by atoms with Crippen LogP contribution in [-0.2, 0) is 26.2 Å². The third kappa shape index (κ3) is 8.35. The van der Waals surface area contributed by atoms with Gasteiger partial charge in [0.2, 0.25) is 11.8 Å². The number of nitrogens with zero attached hydrogens (tertiary/aromatic N) is 2. The number of nitrogens with one attached hydrogen (secondary N) is 1. The Morgan fingerprint density at radius 3 is 2.16 bits per heavy atom. The molecule has 44 heavy (non-hydrogen) atoms. The number of benzene rings is 3. The number of sulfonamides is 1. The summed E-state index contributed by atoms with van der Waals surface area (Å²) in [6, 6.07) is 16.5. The minimum atomic E-state index is -4.33. The monoisotopic (exact) mass is 645 g/mol. The van der Waals surface area contributed by atoms with Gasteiger partial charge >= 0.3 is 0 Å². The van der Waals surface area contributed by atoms with E-state index in [4.69, 9.17) is 25.8 Å². The highest BCUT2D eigenvalue weighted by atomic mass is 35.5.